The van der Waals surface area contributed by atoms with Crippen LogP contribution in [0.5, 0.6) is 5.75 Å². The van der Waals surface area contributed by atoms with E-state index in [1.165, 1.54) is 7.11 Å². The highest BCUT2D eigenvalue weighted by Crippen LogP contribution is 2.27. The van der Waals surface area contributed by atoms with Crippen LogP contribution >= 0.6 is 0 Å². The molecule has 2 N–H and O–H groups in total. The highest BCUT2D eigenvalue weighted by Gasteiger charge is 2.31. The molecule has 3 rings (SSSR count). The molecule has 24 heavy (non-hydrogen) atoms. The predicted octanol–water partition coefficient (Wildman–Crippen LogP) is 2.56. The van der Waals surface area contributed by atoms with Gasteiger partial charge in [0.1, 0.15) is 11.5 Å². The number of rotatable bonds is 4. The number of aliphatic hydroxyl groups is 1. The number of hydrogen-bond donors (Lipinski definition) is 2. The van der Waals surface area contributed by atoms with Crippen LogP contribution < -0.4 is 10.1 Å². The van der Waals surface area contributed by atoms with Gasteiger partial charge in [-0.15, -0.1) is 0 Å². The zero-order chi connectivity index (χ0) is 17.1. The van der Waals surface area contributed by atoms with Crippen molar-refractivity contribution in [1.29, 1.82) is 0 Å². The fourth-order valence-electron chi connectivity index (χ4n) is 2.58. The number of amides is 2. The molecular weight excluding hydrogens is 308 g/mol. The van der Waals surface area contributed by atoms with Crippen LogP contribution in [0.3, 0.4) is 0 Å². The van der Waals surface area contributed by atoms with Gasteiger partial charge in [-0.25, -0.2) is 4.99 Å². The van der Waals surface area contributed by atoms with E-state index in [2.05, 4.69) is 10.3 Å². The first-order valence-corrected chi connectivity index (χ1v) is 7.42. The standard InChI is InChI=1S/C18H16N2O4/c1-24-12-6-4-5-11(9-12)19-16(21)10-14-17(22)13-7-2-3-8-15(13)20-18(14)23/h2-9,13,22H,10H2,1H3,(H,19,21). The first-order chi connectivity index (χ1) is 11.6. The third kappa shape index (κ3) is 3.12. The molecular formula is C18H16N2O4. The van der Waals surface area contributed by atoms with Crippen LogP contribution in [-0.4, -0.2) is 29.7 Å². The minimum atomic E-state index is -0.584. The van der Waals surface area contributed by atoms with Crippen LogP contribution in [-0.2, 0) is 9.59 Å². The van der Waals surface area contributed by atoms with Crippen molar-refractivity contribution in [3.63, 3.8) is 0 Å². The van der Waals surface area contributed by atoms with E-state index in [-0.39, 0.29) is 17.8 Å². The number of aliphatic imine (C=N–C) groups is 1. The van der Waals surface area contributed by atoms with Crippen molar-refractivity contribution in [1.82, 2.24) is 0 Å². The van der Waals surface area contributed by atoms with E-state index in [1.807, 2.05) is 0 Å². The summed E-state index contributed by atoms with van der Waals surface area (Å²) in [4.78, 5) is 28.2. The molecule has 1 atom stereocenters. The molecule has 0 aromatic heterocycles. The van der Waals surface area contributed by atoms with Gasteiger partial charge in [0.05, 0.1) is 30.7 Å². The predicted molar refractivity (Wildman–Crippen MR) is 90.1 cm³/mol. The van der Waals surface area contributed by atoms with E-state index >= 15 is 0 Å². The van der Waals surface area contributed by atoms with Crippen molar-refractivity contribution >= 4 is 23.2 Å². The van der Waals surface area contributed by atoms with Crippen molar-refractivity contribution < 1.29 is 19.4 Å². The Hall–Kier alpha value is -3.15. The van der Waals surface area contributed by atoms with Crippen LogP contribution in [0.25, 0.3) is 0 Å². The summed E-state index contributed by atoms with van der Waals surface area (Å²) >= 11 is 0. The average Bonchev–Trinajstić information content (AvgIpc) is 2.59. The maximum atomic E-state index is 12.2. The number of allylic oxidation sites excluding steroid dienone is 4. The van der Waals surface area contributed by atoms with E-state index in [0.29, 0.717) is 17.1 Å². The minimum absolute atomic E-state index is 0.0177. The van der Waals surface area contributed by atoms with Gasteiger partial charge in [0.15, 0.2) is 0 Å². The molecule has 1 aliphatic heterocycles. The van der Waals surface area contributed by atoms with Gasteiger partial charge in [-0.05, 0) is 18.2 Å². The van der Waals surface area contributed by atoms with Crippen molar-refractivity contribution in [3.8, 4) is 5.75 Å². The normalized spacial score (nSPS) is 19.0. The molecule has 0 fully saturated rings. The quantitative estimate of drug-likeness (QED) is 0.891. The zero-order valence-corrected chi connectivity index (χ0v) is 13.0. The molecule has 6 nitrogen and oxygen atoms in total. The third-order valence-corrected chi connectivity index (χ3v) is 3.78. The molecule has 2 amide bonds. The molecule has 0 spiro atoms. The van der Waals surface area contributed by atoms with Crippen molar-refractivity contribution in [2.75, 3.05) is 12.4 Å². The second-order valence-electron chi connectivity index (χ2n) is 5.38. The molecule has 122 valence electrons. The number of aliphatic hydroxyl groups excluding tert-OH is 1. The van der Waals surface area contributed by atoms with Crippen molar-refractivity contribution in [2.24, 2.45) is 10.9 Å². The Kier molecular flexibility index (Phi) is 4.29. The summed E-state index contributed by atoms with van der Waals surface area (Å²) in [5.74, 6) is -0.970. The van der Waals surface area contributed by atoms with Crippen LogP contribution in [0.4, 0.5) is 5.69 Å². The Bertz CT molecular complexity index is 818. The number of carbonyl (C=O) groups excluding carboxylic acids is 2. The molecule has 1 aromatic carbocycles. The lowest BCUT2D eigenvalue weighted by Gasteiger charge is -2.21. The number of nitrogens with zero attached hydrogens (tertiary/aromatic N) is 1. The molecule has 1 unspecified atom stereocenters. The second-order valence-corrected chi connectivity index (χ2v) is 5.38. The molecule has 1 aliphatic carbocycles. The summed E-state index contributed by atoms with van der Waals surface area (Å²) in [6.07, 6.45) is 6.68. The molecule has 1 aromatic rings. The van der Waals surface area contributed by atoms with E-state index in [1.54, 1.807) is 48.6 Å². The fourth-order valence-corrected chi connectivity index (χ4v) is 2.58. The number of benzene rings is 1. The number of dihydropyridines is 1. The molecule has 0 bridgehead atoms. The minimum Gasteiger partial charge on any atom is -0.511 e. The number of hydrogen-bond acceptors (Lipinski definition) is 4. The lowest BCUT2D eigenvalue weighted by atomic mass is 9.89. The smallest absolute Gasteiger partial charge is 0.277 e. The number of ether oxygens (including phenoxy) is 1. The van der Waals surface area contributed by atoms with E-state index in [4.69, 9.17) is 4.74 Å². The van der Waals surface area contributed by atoms with Gasteiger partial charge in [0.25, 0.3) is 5.91 Å². The summed E-state index contributed by atoms with van der Waals surface area (Å²) in [6.45, 7) is 0. The lowest BCUT2D eigenvalue weighted by Crippen LogP contribution is -2.26. The molecule has 6 heteroatoms. The van der Waals surface area contributed by atoms with Crippen LogP contribution in [0.1, 0.15) is 6.42 Å². The van der Waals surface area contributed by atoms with Gasteiger partial charge in [0.2, 0.25) is 5.91 Å². The molecule has 0 saturated heterocycles. The Balaban J connectivity index is 1.75. The average molecular weight is 324 g/mol. The number of fused-ring (bicyclic) bond motifs is 1. The fraction of sp³-hybridized carbons (Fsp3) is 0.167. The Morgan fingerprint density at radius 2 is 2.21 bits per heavy atom. The van der Waals surface area contributed by atoms with Crippen LogP contribution in [0, 0.1) is 5.92 Å². The van der Waals surface area contributed by atoms with Gasteiger partial charge < -0.3 is 15.2 Å². The van der Waals surface area contributed by atoms with Gasteiger partial charge in [0, 0.05) is 11.8 Å². The summed E-state index contributed by atoms with van der Waals surface area (Å²) in [6, 6.07) is 6.88. The Morgan fingerprint density at radius 3 is 3.00 bits per heavy atom. The Morgan fingerprint density at radius 1 is 1.38 bits per heavy atom. The maximum absolute atomic E-state index is 12.2. The maximum Gasteiger partial charge on any atom is 0.277 e. The highest BCUT2D eigenvalue weighted by atomic mass is 16.5. The summed E-state index contributed by atoms with van der Waals surface area (Å²) in [5.41, 5.74) is 1.05. The number of methoxy groups -OCH3 is 1. The molecule has 0 radical (unpaired) electrons. The monoisotopic (exact) mass is 324 g/mol. The number of carbonyl (C=O) groups is 2. The van der Waals surface area contributed by atoms with Crippen LogP contribution in [0.2, 0.25) is 0 Å². The first kappa shape index (κ1) is 15.7. The van der Waals surface area contributed by atoms with Crippen molar-refractivity contribution in [2.45, 2.75) is 6.42 Å². The van der Waals surface area contributed by atoms with E-state index in [9.17, 15) is 14.7 Å². The van der Waals surface area contributed by atoms with Gasteiger partial charge >= 0.3 is 0 Å². The van der Waals surface area contributed by atoms with Gasteiger partial charge in [-0.1, -0.05) is 24.3 Å². The van der Waals surface area contributed by atoms with Crippen molar-refractivity contribution in [3.05, 3.63) is 59.9 Å². The molecule has 2 aliphatic rings. The number of anilines is 1. The molecule has 1 heterocycles. The topological polar surface area (TPSA) is 88.0 Å². The van der Waals surface area contributed by atoms with Crippen LogP contribution in [0.15, 0.2) is 64.9 Å². The highest BCUT2D eigenvalue weighted by molar-refractivity contribution is 6.15. The third-order valence-electron chi connectivity index (χ3n) is 3.78. The number of nitrogens with one attached hydrogen (secondary N) is 1. The Labute approximate surface area is 138 Å². The first-order valence-electron chi connectivity index (χ1n) is 7.42. The summed E-state index contributed by atoms with van der Waals surface area (Å²) < 4.78 is 5.09. The largest absolute Gasteiger partial charge is 0.511 e. The van der Waals surface area contributed by atoms with E-state index in [0.717, 1.165) is 0 Å². The second kappa shape index (κ2) is 6.54. The van der Waals surface area contributed by atoms with Gasteiger partial charge in [-0.3, -0.25) is 9.59 Å². The summed E-state index contributed by atoms with van der Waals surface area (Å²) in [5, 5.41) is 13.0. The zero-order valence-electron chi connectivity index (χ0n) is 13.0. The lowest BCUT2D eigenvalue weighted by molar-refractivity contribution is -0.119. The van der Waals surface area contributed by atoms with Gasteiger partial charge in [-0.2, -0.15) is 0 Å². The molecule has 0 saturated carbocycles. The van der Waals surface area contributed by atoms with E-state index < -0.39 is 17.7 Å². The summed E-state index contributed by atoms with van der Waals surface area (Å²) in [7, 11) is 1.53. The SMILES string of the molecule is COc1cccc(NC(=O)CC2=C(O)C3C=CC=CC3=NC2=O)c1.